The van der Waals surface area contributed by atoms with E-state index < -0.39 is 0 Å². The maximum Gasteiger partial charge on any atom is 0.255 e. The molecule has 27 heavy (non-hydrogen) atoms. The Balaban J connectivity index is 1.51. The summed E-state index contributed by atoms with van der Waals surface area (Å²) >= 11 is 0. The minimum atomic E-state index is -0.153. The summed E-state index contributed by atoms with van der Waals surface area (Å²) in [6, 6.07) is 15.0. The van der Waals surface area contributed by atoms with Crippen LogP contribution < -0.4 is 16.0 Å². The van der Waals surface area contributed by atoms with Crippen LogP contribution in [0.4, 0.5) is 5.69 Å². The first-order valence-corrected chi connectivity index (χ1v) is 9.15. The molecular formula is C21H25N3O3. The Morgan fingerprint density at radius 3 is 2.74 bits per heavy atom. The molecule has 1 aliphatic rings. The number of rotatable bonds is 6. The molecule has 1 heterocycles. The van der Waals surface area contributed by atoms with Crippen LogP contribution in [0.3, 0.4) is 0 Å². The Hall–Kier alpha value is -2.70. The van der Waals surface area contributed by atoms with E-state index in [-0.39, 0.29) is 17.9 Å². The number of carbonyl (C=O) groups excluding carboxylic acids is 2. The van der Waals surface area contributed by atoms with Crippen molar-refractivity contribution in [1.82, 2.24) is 10.6 Å². The van der Waals surface area contributed by atoms with Gasteiger partial charge in [0, 0.05) is 36.8 Å². The second-order valence-electron chi connectivity index (χ2n) is 6.73. The van der Waals surface area contributed by atoms with Crippen LogP contribution in [-0.4, -0.2) is 37.6 Å². The second kappa shape index (κ2) is 9.30. The van der Waals surface area contributed by atoms with Crippen LogP contribution in [0.1, 0.15) is 27.9 Å². The summed E-state index contributed by atoms with van der Waals surface area (Å²) in [5.74, 6) is -0.174. The average Bonchev–Trinajstić information content (AvgIpc) is 2.68. The van der Waals surface area contributed by atoms with E-state index in [9.17, 15) is 9.59 Å². The minimum Gasteiger partial charge on any atom is -0.378 e. The number of ether oxygens (including phenoxy) is 1. The summed E-state index contributed by atoms with van der Waals surface area (Å²) in [7, 11) is 0. The minimum absolute atomic E-state index is 0.0212. The fourth-order valence-corrected chi connectivity index (χ4v) is 2.91. The van der Waals surface area contributed by atoms with Gasteiger partial charge in [-0.1, -0.05) is 29.8 Å². The van der Waals surface area contributed by atoms with Gasteiger partial charge in [-0.2, -0.15) is 0 Å². The third-order valence-electron chi connectivity index (χ3n) is 4.42. The van der Waals surface area contributed by atoms with Crippen LogP contribution in [0.2, 0.25) is 0 Å². The highest BCUT2D eigenvalue weighted by molar-refractivity contribution is 6.04. The maximum absolute atomic E-state index is 12.3. The van der Waals surface area contributed by atoms with Gasteiger partial charge in [0.1, 0.15) is 0 Å². The van der Waals surface area contributed by atoms with E-state index in [2.05, 4.69) is 16.0 Å². The monoisotopic (exact) mass is 367 g/mol. The highest BCUT2D eigenvalue weighted by Gasteiger charge is 2.16. The topological polar surface area (TPSA) is 79.5 Å². The van der Waals surface area contributed by atoms with Crippen molar-refractivity contribution in [1.29, 1.82) is 0 Å². The number of carbonyl (C=O) groups is 2. The molecule has 2 amide bonds. The van der Waals surface area contributed by atoms with E-state index in [1.54, 1.807) is 12.1 Å². The highest BCUT2D eigenvalue weighted by atomic mass is 16.5. The predicted octanol–water partition coefficient (Wildman–Crippen LogP) is 2.24. The van der Waals surface area contributed by atoms with Gasteiger partial charge in [0.15, 0.2) is 0 Å². The number of aryl methyl sites for hydroxylation is 1. The molecule has 1 aliphatic heterocycles. The number of hydrogen-bond donors (Lipinski definition) is 3. The largest absolute Gasteiger partial charge is 0.378 e. The molecule has 2 aromatic carbocycles. The lowest BCUT2D eigenvalue weighted by Crippen LogP contribution is -2.44. The molecule has 1 fully saturated rings. The standard InChI is InChI=1S/C21H25N3O3/c1-15-5-7-17(8-6-15)21(26)24-18-4-2-3-16(11-18)13-23-20(25)12-19-14-27-10-9-22-19/h2-8,11,19,22H,9-10,12-14H2,1H3,(H,23,25)(H,24,26). The summed E-state index contributed by atoms with van der Waals surface area (Å²) in [6.45, 7) is 4.44. The van der Waals surface area contributed by atoms with E-state index in [1.807, 2.05) is 43.3 Å². The van der Waals surface area contributed by atoms with Gasteiger partial charge < -0.3 is 20.7 Å². The molecule has 6 heteroatoms. The molecule has 1 unspecified atom stereocenters. The van der Waals surface area contributed by atoms with Crippen molar-refractivity contribution in [3.63, 3.8) is 0 Å². The van der Waals surface area contributed by atoms with Gasteiger partial charge in [0.2, 0.25) is 5.91 Å². The third kappa shape index (κ3) is 5.91. The van der Waals surface area contributed by atoms with Crippen molar-refractivity contribution in [2.45, 2.75) is 25.9 Å². The lowest BCUT2D eigenvalue weighted by atomic mass is 10.1. The molecule has 2 aromatic rings. The number of benzene rings is 2. The van der Waals surface area contributed by atoms with Crippen molar-refractivity contribution in [2.75, 3.05) is 25.1 Å². The summed E-state index contributed by atoms with van der Waals surface area (Å²) in [6.07, 6.45) is 0.393. The van der Waals surface area contributed by atoms with E-state index in [4.69, 9.17) is 4.74 Å². The molecule has 3 N–H and O–H groups in total. The average molecular weight is 367 g/mol. The van der Waals surface area contributed by atoms with Crippen LogP contribution in [0.15, 0.2) is 48.5 Å². The lowest BCUT2D eigenvalue weighted by Gasteiger charge is -2.23. The van der Waals surface area contributed by atoms with E-state index >= 15 is 0 Å². The zero-order valence-electron chi connectivity index (χ0n) is 15.5. The first kappa shape index (κ1) is 19.1. The molecule has 0 radical (unpaired) electrons. The number of amides is 2. The van der Waals surface area contributed by atoms with Crippen molar-refractivity contribution < 1.29 is 14.3 Å². The smallest absolute Gasteiger partial charge is 0.255 e. The van der Waals surface area contributed by atoms with Gasteiger partial charge in [-0.05, 0) is 36.8 Å². The normalized spacial score (nSPS) is 16.6. The summed E-state index contributed by atoms with van der Waals surface area (Å²) in [5.41, 5.74) is 3.35. The molecule has 0 bridgehead atoms. The van der Waals surface area contributed by atoms with Gasteiger partial charge in [0.05, 0.1) is 13.2 Å². The van der Waals surface area contributed by atoms with Crippen LogP contribution in [-0.2, 0) is 16.1 Å². The molecule has 1 saturated heterocycles. The SMILES string of the molecule is Cc1ccc(C(=O)Nc2cccc(CNC(=O)CC3COCCN3)c2)cc1. The highest BCUT2D eigenvalue weighted by Crippen LogP contribution is 2.13. The first-order valence-electron chi connectivity index (χ1n) is 9.15. The first-order chi connectivity index (χ1) is 13.1. The molecule has 0 saturated carbocycles. The Morgan fingerprint density at radius 2 is 2.00 bits per heavy atom. The van der Waals surface area contributed by atoms with Crippen molar-refractivity contribution in [2.24, 2.45) is 0 Å². The Bertz CT molecular complexity index is 784. The number of hydrogen-bond acceptors (Lipinski definition) is 4. The van der Waals surface area contributed by atoms with Gasteiger partial charge in [0.25, 0.3) is 5.91 Å². The number of anilines is 1. The molecule has 0 aromatic heterocycles. The fraction of sp³-hybridized carbons (Fsp3) is 0.333. The molecule has 3 rings (SSSR count). The van der Waals surface area contributed by atoms with Crippen molar-refractivity contribution in [3.8, 4) is 0 Å². The third-order valence-corrected chi connectivity index (χ3v) is 4.42. The van der Waals surface area contributed by atoms with Crippen LogP contribution in [0, 0.1) is 6.92 Å². The quantitative estimate of drug-likeness (QED) is 0.732. The fourth-order valence-electron chi connectivity index (χ4n) is 2.91. The zero-order valence-corrected chi connectivity index (χ0v) is 15.5. The van der Waals surface area contributed by atoms with Gasteiger partial charge in [-0.25, -0.2) is 0 Å². The zero-order chi connectivity index (χ0) is 19.1. The van der Waals surface area contributed by atoms with Gasteiger partial charge >= 0.3 is 0 Å². The van der Waals surface area contributed by atoms with Crippen molar-refractivity contribution in [3.05, 3.63) is 65.2 Å². The molecule has 142 valence electrons. The predicted molar refractivity (Wildman–Crippen MR) is 105 cm³/mol. The summed E-state index contributed by atoms with van der Waals surface area (Å²) in [4.78, 5) is 24.4. The maximum atomic E-state index is 12.3. The van der Waals surface area contributed by atoms with Crippen molar-refractivity contribution >= 4 is 17.5 Å². The van der Waals surface area contributed by atoms with Crippen LogP contribution >= 0.6 is 0 Å². The summed E-state index contributed by atoms with van der Waals surface area (Å²) in [5, 5.41) is 9.08. The molecular weight excluding hydrogens is 342 g/mol. The lowest BCUT2D eigenvalue weighted by molar-refractivity contribution is -0.122. The van der Waals surface area contributed by atoms with E-state index in [0.29, 0.717) is 37.4 Å². The summed E-state index contributed by atoms with van der Waals surface area (Å²) < 4.78 is 5.36. The molecule has 6 nitrogen and oxygen atoms in total. The Morgan fingerprint density at radius 1 is 1.19 bits per heavy atom. The van der Waals surface area contributed by atoms with E-state index in [1.165, 1.54) is 0 Å². The second-order valence-corrected chi connectivity index (χ2v) is 6.73. The Labute approximate surface area is 159 Å². The number of morpholine rings is 1. The van der Waals surface area contributed by atoms with Crippen LogP contribution in [0.25, 0.3) is 0 Å². The molecule has 1 atom stereocenters. The van der Waals surface area contributed by atoms with Crippen LogP contribution in [0.5, 0.6) is 0 Å². The molecule has 0 spiro atoms. The Kier molecular flexibility index (Phi) is 6.57. The molecule has 0 aliphatic carbocycles. The van der Waals surface area contributed by atoms with E-state index in [0.717, 1.165) is 17.7 Å². The van der Waals surface area contributed by atoms with Gasteiger partial charge in [-0.15, -0.1) is 0 Å². The number of nitrogens with one attached hydrogen (secondary N) is 3. The van der Waals surface area contributed by atoms with Gasteiger partial charge in [-0.3, -0.25) is 9.59 Å².